The fraction of sp³-hybridized carbons (Fsp3) is 0.269. The number of ether oxygens (including phenoxy) is 3. The molecule has 2 aromatic heterocycles. The molecule has 0 amide bonds. The van der Waals surface area contributed by atoms with Gasteiger partial charge in [-0.15, -0.1) is 11.3 Å². The van der Waals surface area contributed by atoms with Crippen molar-refractivity contribution in [2.45, 2.75) is 32.3 Å². The Hall–Kier alpha value is -3.65. The van der Waals surface area contributed by atoms with Crippen LogP contribution in [-0.2, 0) is 19.4 Å². The van der Waals surface area contributed by atoms with Gasteiger partial charge < -0.3 is 14.2 Å². The highest BCUT2D eigenvalue weighted by Gasteiger charge is 2.19. The molecule has 0 saturated carbocycles. The number of rotatable bonds is 8. The van der Waals surface area contributed by atoms with Gasteiger partial charge in [0.1, 0.15) is 35.0 Å². The van der Waals surface area contributed by atoms with Crippen LogP contribution in [-0.4, -0.2) is 30.4 Å². The fourth-order valence-corrected chi connectivity index (χ4v) is 5.42. The van der Waals surface area contributed by atoms with Gasteiger partial charge in [-0.1, -0.05) is 6.07 Å². The number of anilines is 1. The van der Waals surface area contributed by atoms with Crippen molar-refractivity contribution in [3.63, 3.8) is 0 Å². The molecular formula is C26H26N4O3S. The summed E-state index contributed by atoms with van der Waals surface area (Å²) in [6.07, 6.45) is 8.05. The van der Waals surface area contributed by atoms with Gasteiger partial charge in [0, 0.05) is 16.5 Å². The van der Waals surface area contributed by atoms with Crippen LogP contribution in [0.15, 0.2) is 53.9 Å². The van der Waals surface area contributed by atoms with Gasteiger partial charge in [-0.25, -0.2) is 9.97 Å². The molecule has 1 aliphatic carbocycles. The fourth-order valence-electron chi connectivity index (χ4n) is 4.19. The third kappa shape index (κ3) is 4.68. The number of fused-ring (bicyclic) bond motifs is 3. The van der Waals surface area contributed by atoms with Gasteiger partial charge in [-0.05, 0) is 67.1 Å². The lowest BCUT2D eigenvalue weighted by atomic mass is 9.97. The Morgan fingerprint density at radius 3 is 2.79 bits per heavy atom. The molecule has 7 nitrogen and oxygen atoms in total. The first-order chi connectivity index (χ1) is 16.7. The minimum Gasteiger partial charge on any atom is -0.497 e. The zero-order valence-corrected chi connectivity index (χ0v) is 20.0. The summed E-state index contributed by atoms with van der Waals surface area (Å²) >= 11 is 1.78. The van der Waals surface area contributed by atoms with Crippen molar-refractivity contribution in [1.29, 1.82) is 0 Å². The summed E-state index contributed by atoms with van der Waals surface area (Å²) < 4.78 is 16.7. The van der Waals surface area contributed by atoms with E-state index in [9.17, 15) is 0 Å². The molecule has 8 heteroatoms. The van der Waals surface area contributed by atoms with Crippen LogP contribution in [0.25, 0.3) is 10.2 Å². The maximum absolute atomic E-state index is 5.96. The molecular weight excluding hydrogens is 448 g/mol. The predicted molar refractivity (Wildman–Crippen MR) is 136 cm³/mol. The summed E-state index contributed by atoms with van der Waals surface area (Å²) in [5, 5.41) is 5.58. The average Bonchev–Trinajstić information content (AvgIpc) is 3.27. The Kier molecular flexibility index (Phi) is 6.58. The SMILES string of the molecule is COc1cccc(OCc2cc(/C=N/Nc3ncnc4sc5c(c34)CCCC5)ccc2OC)c1. The number of hydrogen-bond acceptors (Lipinski definition) is 8. The van der Waals surface area contributed by atoms with Gasteiger partial charge in [-0.2, -0.15) is 5.10 Å². The van der Waals surface area contributed by atoms with Crippen LogP contribution >= 0.6 is 11.3 Å². The molecule has 2 heterocycles. The molecule has 1 aliphatic rings. The zero-order chi connectivity index (χ0) is 23.3. The molecule has 0 spiro atoms. The number of hydrazone groups is 1. The number of aromatic nitrogens is 2. The van der Waals surface area contributed by atoms with Gasteiger partial charge in [0.2, 0.25) is 0 Å². The van der Waals surface area contributed by atoms with E-state index in [2.05, 4.69) is 20.5 Å². The Morgan fingerprint density at radius 2 is 1.91 bits per heavy atom. The van der Waals surface area contributed by atoms with E-state index in [1.165, 1.54) is 23.3 Å². The Balaban J connectivity index is 1.33. The van der Waals surface area contributed by atoms with Crippen molar-refractivity contribution in [1.82, 2.24) is 9.97 Å². The summed E-state index contributed by atoms with van der Waals surface area (Å²) in [4.78, 5) is 11.4. The number of methoxy groups -OCH3 is 2. The predicted octanol–water partition coefficient (Wildman–Crippen LogP) is 5.61. The van der Waals surface area contributed by atoms with E-state index < -0.39 is 0 Å². The number of nitrogens with zero attached hydrogens (tertiary/aromatic N) is 3. The topological polar surface area (TPSA) is 77.9 Å². The zero-order valence-electron chi connectivity index (χ0n) is 19.2. The molecule has 4 aromatic rings. The van der Waals surface area contributed by atoms with Gasteiger partial charge in [0.15, 0.2) is 5.82 Å². The second kappa shape index (κ2) is 10.1. The number of benzene rings is 2. The molecule has 2 aromatic carbocycles. The minimum atomic E-state index is 0.360. The van der Waals surface area contributed by atoms with Crippen LogP contribution in [0.2, 0.25) is 0 Å². The molecule has 0 unspecified atom stereocenters. The molecule has 5 rings (SSSR count). The highest BCUT2D eigenvalue weighted by molar-refractivity contribution is 7.19. The lowest BCUT2D eigenvalue weighted by molar-refractivity contribution is 0.294. The van der Waals surface area contributed by atoms with Gasteiger partial charge in [0.25, 0.3) is 0 Å². The first kappa shape index (κ1) is 22.2. The normalized spacial score (nSPS) is 13.1. The number of nitrogens with one attached hydrogen (secondary N) is 1. The monoisotopic (exact) mass is 474 g/mol. The molecule has 0 atom stereocenters. The number of thiophene rings is 1. The summed E-state index contributed by atoms with van der Waals surface area (Å²) in [5.74, 6) is 3.00. The first-order valence-electron chi connectivity index (χ1n) is 11.2. The van der Waals surface area contributed by atoms with E-state index in [-0.39, 0.29) is 0 Å². The van der Waals surface area contributed by atoms with Crippen molar-refractivity contribution < 1.29 is 14.2 Å². The van der Waals surface area contributed by atoms with Crippen molar-refractivity contribution in [3.8, 4) is 17.2 Å². The largest absolute Gasteiger partial charge is 0.497 e. The first-order valence-corrected chi connectivity index (χ1v) is 12.0. The Bertz CT molecular complexity index is 1340. The smallest absolute Gasteiger partial charge is 0.158 e. The lowest BCUT2D eigenvalue weighted by Gasteiger charge is -2.12. The third-order valence-corrected chi connectivity index (χ3v) is 7.08. The molecule has 0 saturated heterocycles. The maximum Gasteiger partial charge on any atom is 0.158 e. The average molecular weight is 475 g/mol. The molecule has 0 fully saturated rings. The van der Waals surface area contributed by atoms with Crippen LogP contribution in [0.3, 0.4) is 0 Å². The molecule has 1 N–H and O–H groups in total. The second-order valence-corrected chi connectivity index (χ2v) is 9.11. The maximum atomic E-state index is 5.96. The molecule has 34 heavy (non-hydrogen) atoms. The molecule has 0 aliphatic heterocycles. The highest BCUT2D eigenvalue weighted by atomic mass is 32.1. The van der Waals surface area contributed by atoms with Crippen LogP contribution in [0.5, 0.6) is 17.2 Å². The van der Waals surface area contributed by atoms with E-state index in [0.29, 0.717) is 6.61 Å². The van der Waals surface area contributed by atoms with E-state index in [1.807, 2.05) is 42.5 Å². The van der Waals surface area contributed by atoms with Crippen molar-refractivity contribution in [3.05, 3.63) is 70.4 Å². The van der Waals surface area contributed by atoms with Crippen LogP contribution in [0.1, 0.15) is 34.4 Å². The Morgan fingerprint density at radius 1 is 1.03 bits per heavy atom. The molecule has 0 bridgehead atoms. The van der Waals surface area contributed by atoms with Crippen LogP contribution in [0, 0.1) is 0 Å². The van der Waals surface area contributed by atoms with E-state index in [4.69, 9.17) is 14.2 Å². The third-order valence-electron chi connectivity index (χ3n) is 5.88. The van der Waals surface area contributed by atoms with Crippen molar-refractivity contribution in [2.75, 3.05) is 19.6 Å². The quantitative estimate of drug-likeness (QED) is 0.264. The minimum absolute atomic E-state index is 0.360. The summed E-state index contributed by atoms with van der Waals surface area (Å²) in [6, 6.07) is 13.4. The van der Waals surface area contributed by atoms with E-state index in [0.717, 1.165) is 57.3 Å². The summed E-state index contributed by atoms with van der Waals surface area (Å²) in [7, 11) is 3.29. The standard InChI is InChI=1S/C26H26N4O3S/c1-31-19-6-5-7-20(13-19)33-15-18-12-17(10-11-22(18)32-2)14-29-30-25-24-21-8-3-4-9-23(21)34-26(24)28-16-27-25/h5-7,10-14,16H,3-4,8-9,15H2,1-2H3,(H,27,28,30)/b29-14+. The highest BCUT2D eigenvalue weighted by Crippen LogP contribution is 2.38. The summed E-state index contributed by atoms with van der Waals surface area (Å²) in [5.41, 5.74) is 6.37. The van der Waals surface area contributed by atoms with Gasteiger partial charge in [0.05, 0.1) is 25.8 Å². The van der Waals surface area contributed by atoms with Crippen molar-refractivity contribution >= 4 is 33.6 Å². The number of aryl methyl sites for hydroxylation is 2. The molecule has 174 valence electrons. The van der Waals surface area contributed by atoms with Gasteiger partial charge >= 0.3 is 0 Å². The molecule has 0 radical (unpaired) electrons. The summed E-state index contributed by atoms with van der Waals surface area (Å²) in [6.45, 7) is 0.360. The lowest BCUT2D eigenvalue weighted by Crippen LogP contribution is -2.02. The van der Waals surface area contributed by atoms with Gasteiger partial charge in [-0.3, -0.25) is 5.43 Å². The van der Waals surface area contributed by atoms with E-state index >= 15 is 0 Å². The van der Waals surface area contributed by atoms with E-state index in [1.54, 1.807) is 38.1 Å². The number of hydrogen-bond donors (Lipinski definition) is 1. The van der Waals surface area contributed by atoms with Crippen LogP contribution in [0.4, 0.5) is 5.82 Å². The Labute approximate surface area is 202 Å². The van der Waals surface area contributed by atoms with Crippen LogP contribution < -0.4 is 19.6 Å². The second-order valence-electron chi connectivity index (χ2n) is 8.02. The van der Waals surface area contributed by atoms with Crippen molar-refractivity contribution in [2.24, 2.45) is 5.10 Å².